The summed E-state index contributed by atoms with van der Waals surface area (Å²) in [6, 6.07) is 7.21. The van der Waals surface area contributed by atoms with Gasteiger partial charge in [-0.2, -0.15) is 9.78 Å². The first-order chi connectivity index (χ1) is 9.65. The van der Waals surface area contributed by atoms with E-state index in [1.54, 1.807) is 18.3 Å². The van der Waals surface area contributed by atoms with Crippen LogP contribution in [0.15, 0.2) is 45.9 Å². The van der Waals surface area contributed by atoms with Crippen molar-refractivity contribution in [2.75, 3.05) is 0 Å². The summed E-state index contributed by atoms with van der Waals surface area (Å²) < 4.78 is 1.87. The predicted molar refractivity (Wildman–Crippen MR) is 83.1 cm³/mol. The van der Waals surface area contributed by atoms with Crippen LogP contribution in [-0.4, -0.2) is 15.9 Å². The smallest absolute Gasteiger partial charge is 0.266 e. The molecule has 3 rings (SSSR count). The van der Waals surface area contributed by atoms with Gasteiger partial charge in [-0.1, -0.05) is 23.7 Å². The highest BCUT2D eigenvalue weighted by Crippen LogP contribution is 2.19. The topological polar surface area (TPSA) is 47.2 Å². The van der Waals surface area contributed by atoms with Crippen molar-refractivity contribution in [1.29, 1.82) is 0 Å². The molecule has 100 valence electrons. The number of hydrogen-bond donors (Lipinski definition) is 0. The molecule has 0 radical (unpaired) electrons. The number of aryl methyl sites for hydroxylation is 1. The van der Waals surface area contributed by atoms with E-state index in [9.17, 15) is 4.79 Å². The van der Waals surface area contributed by atoms with Gasteiger partial charge >= 0.3 is 0 Å². The van der Waals surface area contributed by atoms with Crippen LogP contribution in [0.25, 0.3) is 10.2 Å². The maximum Gasteiger partial charge on any atom is 0.291 e. The average molecular weight is 304 g/mol. The van der Waals surface area contributed by atoms with Gasteiger partial charge in [0.25, 0.3) is 5.56 Å². The van der Waals surface area contributed by atoms with Gasteiger partial charge in [0.2, 0.25) is 0 Å². The van der Waals surface area contributed by atoms with Crippen molar-refractivity contribution < 1.29 is 0 Å². The predicted octanol–water partition coefficient (Wildman–Crippen LogP) is 3.30. The molecule has 6 heteroatoms. The summed E-state index contributed by atoms with van der Waals surface area (Å²) in [4.78, 5) is 16.5. The van der Waals surface area contributed by atoms with Gasteiger partial charge in [-0.25, -0.2) is 4.98 Å². The van der Waals surface area contributed by atoms with Crippen LogP contribution in [0, 0.1) is 6.92 Å². The van der Waals surface area contributed by atoms with Crippen LogP contribution in [0.4, 0.5) is 0 Å². The Morgan fingerprint density at radius 2 is 2.10 bits per heavy atom. The van der Waals surface area contributed by atoms with Crippen molar-refractivity contribution in [2.45, 2.75) is 6.92 Å². The minimum atomic E-state index is -0.154. The Kier molecular flexibility index (Phi) is 3.38. The highest BCUT2D eigenvalue weighted by molar-refractivity contribution is 7.17. The Morgan fingerprint density at radius 3 is 2.85 bits per heavy atom. The first-order valence-electron chi connectivity index (χ1n) is 5.90. The highest BCUT2D eigenvalue weighted by Gasteiger charge is 2.07. The fraction of sp³-hybridized carbons (Fsp3) is 0.0714. The first kappa shape index (κ1) is 13.0. The number of fused-ring (bicyclic) bond motifs is 1. The number of aromatic nitrogens is 2. The fourth-order valence-corrected chi connectivity index (χ4v) is 2.83. The molecule has 1 aromatic carbocycles. The minimum Gasteiger partial charge on any atom is -0.266 e. The maximum atomic E-state index is 12.2. The Balaban J connectivity index is 2.00. The van der Waals surface area contributed by atoms with E-state index in [4.69, 9.17) is 11.6 Å². The molecular weight excluding hydrogens is 294 g/mol. The summed E-state index contributed by atoms with van der Waals surface area (Å²) in [5.41, 5.74) is 2.47. The second-order valence-electron chi connectivity index (χ2n) is 4.29. The second-order valence-corrected chi connectivity index (χ2v) is 5.60. The van der Waals surface area contributed by atoms with Crippen LogP contribution in [0.3, 0.4) is 0 Å². The molecule has 0 aliphatic heterocycles. The van der Waals surface area contributed by atoms with Crippen LogP contribution in [0.2, 0.25) is 5.02 Å². The van der Waals surface area contributed by atoms with E-state index < -0.39 is 0 Å². The van der Waals surface area contributed by atoms with Crippen LogP contribution in [0.5, 0.6) is 0 Å². The zero-order valence-electron chi connectivity index (χ0n) is 10.6. The van der Waals surface area contributed by atoms with Gasteiger partial charge in [-0.05, 0) is 35.6 Å². The second kappa shape index (κ2) is 5.19. The number of nitrogens with zero attached hydrogens (tertiary/aromatic N) is 3. The summed E-state index contributed by atoms with van der Waals surface area (Å²) in [6.45, 7) is 1.94. The first-order valence-corrected chi connectivity index (χ1v) is 7.16. The third-order valence-corrected chi connectivity index (χ3v) is 4.17. The minimum absolute atomic E-state index is 0.154. The summed E-state index contributed by atoms with van der Waals surface area (Å²) in [5, 5.41) is 6.73. The molecule has 0 aliphatic carbocycles. The lowest BCUT2D eigenvalue weighted by Crippen LogP contribution is -2.15. The molecule has 3 aromatic rings. The molecule has 4 nitrogen and oxygen atoms in total. The Labute approximate surface area is 124 Å². The molecule has 0 spiro atoms. The van der Waals surface area contributed by atoms with Crippen LogP contribution in [0.1, 0.15) is 11.1 Å². The number of halogens is 1. The molecule has 20 heavy (non-hydrogen) atoms. The Hall–Kier alpha value is -1.98. The molecule has 0 saturated carbocycles. The largest absolute Gasteiger partial charge is 0.291 e. The van der Waals surface area contributed by atoms with Crippen LogP contribution >= 0.6 is 22.9 Å². The molecule has 0 atom stereocenters. The molecule has 2 heterocycles. The summed E-state index contributed by atoms with van der Waals surface area (Å²) >= 11 is 7.20. The summed E-state index contributed by atoms with van der Waals surface area (Å²) in [5.74, 6) is 0. The van der Waals surface area contributed by atoms with Gasteiger partial charge in [-0.15, -0.1) is 11.3 Å². The van der Waals surface area contributed by atoms with E-state index >= 15 is 0 Å². The quantitative estimate of drug-likeness (QED) is 0.682. The number of rotatable bonds is 2. The standard InChI is InChI=1S/C14H10ClN3OS/c1-9-7-20-13-12(9)16-8-18(14(13)19)17-6-10-2-4-11(15)5-3-10/h2-8H,1H3/b17-6+. The van der Waals surface area contributed by atoms with Crippen molar-refractivity contribution in [3.63, 3.8) is 0 Å². The van der Waals surface area contributed by atoms with E-state index in [-0.39, 0.29) is 5.56 Å². The normalized spacial score (nSPS) is 11.5. The monoisotopic (exact) mass is 303 g/mol. The molecule has 0 N–H and O–H groups in total. The molecule has 0 bridgehead atoms. The fourth-order valence-electron chi connectivity index (χ4n) is 1.78. The molecule has 0 unspecified atom stereocenters. The summed E-state index contributed by atoms with van der Waals surface area (Å²) in [6.07, 6.45) is 3.04. The van der Waals surface area contributed by atoms with E-state index in [2.05, 4.69) is 10.1 Å². The Bertz CT molecular complexity index is 849. The van der Waals surface area contributed by atoms with Crippen molar-refractivity contribution in [3.05, 3.63) is 62.5 Å². The van der Waals surface area contributed by atoms with E-state index in [1.165, 1.54) is 22.3 Å². The number of benzene rings is 1. The van der Waals surface area contributed by atoms with Crippen molar-refractivity contribution >= 4 is 39.4 Å². The van der Waals surface area contributed by atoms with Crippen molar-refractivity contribution in [2.24, 2.45) is 5.10 Å². The van der Waals surface area contributed by atoms with Gasteiger partial charge in [0, 0.05) is 5.02 Å². The van der Waals surface area contributed by atoms with Crippen LogP contribution in [-0.2, 0) is 0 Å². The van der Waals surface area contributed by atoms with Crippen molar-refractivity contribution in [1.82, 2.24) is 9.66 Å². The molecule has 0 aliphatic rings. The van der Waals surface area contributed by atoms with Gasteiger partial charge in [0.05, 0.1) is 11.7 Å². The SMILES string of the molecule is Cc1csc2c(=O)n(/N=C/c3ccc(Cl)cc3)cnc12. The van der Waals surface area contributed by atoms with Gasteiger partial charge in [0.15, 0.2) is 0 Å². The summed E-state index contributed by atoms with van der Waals surface area (Å²) in [7, 11) is 0. The third-order valence-electron chi connectivity index (χ3n) is 2.84. The molecule has 2 aromatic heterocycles. The zero-order valence-corrected chi connectivity index (χ0v) is 12.1. The Morgan fingerprint density at radius 1 is 1.35 bits per heavy atom. The van der Waals surface area contributed by atoms with Gasteiger partial charge in [0.1, 0.15) is 11.0 Å². The third kappa shape index (κ3) is 2.37. The molecule has 0 amide bonds. The van der Waals surface area contributed by atoms with E-state index in [0.717, 1.165) is 16.6 Å². The van der Waals surface area contributed by atoms with E-state index in [0.29, 0.717) is 9.72 Å². The highest BCUT2D eigenvalue weighted by atomic mass is 35.5. The lowest BCUT2D eigenvalue weighted by atomic mass is 10.2. The zero-order chi connectivity index (χ0) is 14.1. The van der Waals surface area contributed by atoms with Gasteiger partial charge < -0.3 is 0 Å². The lowest BCUT2D eigenvalue weighted by molar-refractivity contribution is 0.819. The lowest BCUT2D eigenvalue weighted by Gasteiger charge is -1.98. The van der Waals surface area contributed by atoms with E-state index in [1.807, 2.05) is 24.4 Å². The number of thiophene rings is 1. The molecular formula is C14H10ClN3OS. The van der Waals surface area contributed by atoms with Crippen molar-refractivity contribution in [3.8, 4) is 0 Å². The van der Waals surface area contributed by atoms with Crippen LogP contribution < -0.4 is 5.56 Å². The number of hydrogen-bond acceptors (Lipinski definition) is 4. The van der Waals surface area contributed by atoms with Gasteiger partial charge in [-0.3, -0.25) is 4.79 Å². The maximum absolute atomic E-state index is 12.2. The average Bonchev–Trinajstić information content (AvgIpc) is 2.82. The molecule has 0 fully saturated rings. The molecule has 0 saturated heterocycles.